The molecule has 0 saturated heterocycles. The summed E-state index contributed by atoms with van der Waals surface area (Å²) in [5.41, 5.74) is 7.56. The van der Waals surface area contributed by atoms with Crippen molar-refractivity contribution in [3.8, 4) is 0 Å². The Morgan fingerprint density at radius 1 is 1.41 bits per heavy atom. The zero-order valence-electron chi connectivity index (χ0n) is 9.89. The van der Waals surface area contributed by atoms with Gasteiger partial charge in [-0.05, 0) is 19.8 Å². The first kappa shape index (κ1) is 10.4. The second-order valence-corrected chi connectivity index (χ2v) is 4.74. The van der Waals surface area contributed by atoms with Gasteiger partial charge < -0.3 is 10.3 Å². The number of carbonyl (C=O) groups excluding carboxylic acids is 1. The van der Waals surface area contributed by atoms with Crippen molar-refractivity contribution in [1.82, 2.24) is 14.2 Å². The van der Waals surface area contributed by atoms with Gasteiger partial charge in [-0.1, -0.05) is 12.8 Å². The fourth-order valence-electron chi connectivity index (χ4n) is 2.86. The van der Waals surface area contributed by atoms with E-state index >= 15 is 0 Å². The summed E-state index contributed by atoms with van der Waals surface area (Å²) < 4.78 is 3.92. The van der Waals surface area contributed by atoms with Crippen molar-refractivity contribution in [3.05, 3.63) is 23.7 Å². The number of rotatable bonds is 2. The van der Waals surface area contributed by atoms with Gasteiger partial charge in [-0.2, -0.15) is 5.10 Å². The molecule has 2 heterocycles. The Morgan fingerprint density at radius 2 is 2.12 bits per heavy atom. The third kappa shape index (κ3) is 1.45. The number of nitrogens with zero attached hydrogens (tertiary/aromatic N) is 3. The number of aryl methyl sites for hydroxylation is 1. The van der Waals surface area contributed by atoms with Gasteiger partial charge in [0.05, 0.1) is 5.69 Å². The highest BCUT2D eigenvalue weighted by Gasteiger charge is 2.23. The van der Waals surface area contributed by atoms with Gasteiger partial charge in [0, 0.05) is 18.4 Å². The number of aromatic nitrogens is 3. The second kappa shape index (κ2) is 3.61. The van der Waals surface area contributed by atoms with Gasteiger partial charge in [-0.25, -0.2) is 4.52 Å². The average Bonchev–Trinajstić information content (AvgIpc) is 2.90. The Kier molecular flexibility index (Phi) is 2.21. The van der Waals surface area contributed by atoms with Gasteiger partial charge in [0.1, 0.15) is 11.2 Å². The molecule has 1 aliphatic carbocycles. The number of hydrogen-bond acceptors (Lipinski definition) is 2. The first-order valence-electron chi connectivity index (χ1n) is 6.04. The van der Waals surface area contributed by atoms with E-state index < -0.39 is 5.91 Å². The summed E-state index contributed by atoms with van der Waals surface area (Å²) >= 11 is 0. The SMILES string of the molecule is Cc1nn2ccn(C3CCCC3)c2c1C(N)=O. The van der Waals surface area contributed by atoms with Crippen molar-refractivity contribution in [3.63, 3.8) is 0 Å². The van der Waals surface area contributed by atoms with Gasteiger partial charge in [0.2, 0.25) is 0 Å². The van der Waals surface area contributed by atoms with Crippen molar-refractivity contribution in [2.75, 3.05) is 0 Å². The standard InChI is InChI=1S/C12H16N4O/c1-8-10(11(13)17)12-15(6-7-16(12)14-8)9-4-2-3-5-9/h6-7,9H,2-5H2,1H3,(H2,13,17). The van der Waals surface area contributed by atoms with Crippen molar-refractivity contribution in [2.24, 2.45) is 5.73 Å². The van der Waals surface area contributed by atoms with Gasteiger partial charge in [-0.3, -0.25) is 4.79 Å². The van der Waals surface area contributed by atoms with Gasteiger partial charge in [-0.15, -0.1) is 0 Å². The molecule has 2 aromatic heterocycles. The quantitative estimate of drug-likeness (QED) is 0.855. The Bertz CT molecular complexity index is 575. The van der Waals surface area contributed by atoms with Crippen LogP contribution in [0.25, 0.3) is 5.65 Å². The van der Waals surface area contributed by atoms with E-state index in [1.54, 1.807) is 4.52 Å². The molecule has 2 aromatic rings. The summed E-state index contributed by atoms with van der Waals surface area (Å²) in [6, 6.07) is 0.488. The lowest BCUT2D eigenvalue weighted by atomic mass is 10.2. The third-order valence-corrected chi connectivity index (χ3v) is 3.64. The lowest BCUT2D eigenvalue weighted by Gasteiger charge is -2.12. The molecule has 0 aliphatic heterocycles. The van der Waals surface area contributed by atoms with E-state index in [2.05, 4.69) is 9.67 Å². The molecule has 1 aliphatic rings. The minimum atomic E-state index is -0.393. The van der Waals surface area contributed by atoms with Crippen molar-refractivity contribution in [2.45, 2.75) is 38.6 Å². The van der Waals surface area contributed by atoms with E-state index in [0.29, 0.717) is 17.3 Å². The number of hydrogen-bond donors (Lipinski definition) is 1. The molecule has 0 atom stereocenters. The molecule has 0 unspecified atom stereocenters. The van der Waals surface area contributed by atoms with E-state index in [0.717, 1.165) is 5.65 Å². The first-order chi connectivity index (χ1) is 8.18. The van der Waals surface area contributed by atoms with Crippen LogP contribution in [0.2, 0.25) is 0 Å². The van der Waals surface area contributed by atoms with Crippen LogP contribution in [0.4, 0.5) is 0 Å². The Balaban J connectivity index is 2.21. The molecule has 1 fully saturated rings. The van der Waals surface area contributed by atoms with Gasteiger partial charge in [0.25, 0.3) is 5.91 Å². The van der Waals surface area contributed by atoms with E-state index in [1.807, 2.05) is 19.3 Å². The number of carbonyl (C=O) groups is 1. The molecule has 3 rings (SSSR count). The van der Waals surface area contributed by atoms with Crippen LogP contribution in [0, 0.1) is 6.92 Å². The van der Waals surface area contributed by atoms with Gasteiger partial charge >= 0.3 is 0 Å². The van der Waals surface area contributed by atoms with E-state index in [9.17, 15) is 4.79 Å². The minimum absolute atomic E-state index is 0.393. The predicted octanol–water partition coefficient (Wildman–Crippen LogP) is 1.66. The molecule has 90 valence electrons. The Hall–Kier alpha value is -1.78. The monoisotopic (exact) mass is 232 g/mol. The van der Waals surface area contributed by atoms with Crippen molar-refractivity contribution < 1.29 is 4.79 Å². The van der Waals surface area contributed by atoms with Crippen LogP contribution in [-0.2, 0) is 0 Å². The average molecular weight is 232 g/mol. The molecular formula is C12H16N4O. The van der Waals surface area contributed by atoms with Gasteiger partial charge in [0.15, 0.2) is 0 Å². The molecule has 5 heteroatoms. The highest BCUT2D eigenvalue weighted by atomic mass is 16.1. The molecule has 1 amide bonds. The molecular weight excluding hydrogens is 216 g/mol. The lowest BCUT2D eigenvalue weighted by Crippen LogP contribution is -2.14. The fraction of sp³-hybridized carbons (Fsp3) is 0.500. The highest BCUT2D eigenvalue weighted by molar-refractivity contribution is 6.00. The highest BCUT2D eigenvalue weighted by Crippen LogP contribution is 2.32. The smallest absolute Gasteiger partial charge is 0.254 e. The number of fused-ring (bicyclic) bond motifs is 1. The van der Waals surface area contributed by atoms with Crippen LogP contribution in [-0.4, -0.2) is 20.1 Å². The molecule has 2 N–H and O–H groups in total. The minimum Gasteiger partial charge on any atom is -0.365 e. The largest absolute Gasteiger partial charge is 0.365 e. The summed E-state index contributed by atoms with van der Waals surface area (Å²) in [7, 11) is 0. The van der Waals surface area contributed by atoms with Crippen LogP contribution in [0.15, 0.2) is 12.4 Å². The van der Waals surface area contributed by atoms with Crippen LogP contribution in [0.3, 0.4) is 0 Å². The summed E-state index contributed by atoms with van der Waals surface area (Å²) in [5, 5.41) is 4.32. The summed E-state index contributed by atoms with van der Waals surface area (Å²) in [4.78, 5) is 11.5. The van der Waals surface area contributed by atoms with E-state index in [4.69, 9.17) is 5.73 Å². The predicted molar refractivity (Wildman–Crippen MR) is 63.9 cm³/mol. The number of amides is 1. The molecule has 0 bridgehead atoms. The maximum Gasteiger partial charge on any atom is 0.254 e. The molecule has 17 heavy (non-hydrogen) atoms. The topological polar surface area (TPSA) is 65.3 Å². The maximum absolute atomic E-state index is 11.5. The van der Waals surface area contributed by atoms with Crippen molar-refractivity contribution >= 4 is 11.6 Å². The Morgan fingerprint density at radius 3 is 2.76 bits per heavy atom. The fourth-order valence-corrected chi connectivity index (χ4v) is 2.86. The molecule has 0 spiro atoms. The van der Waals surface area contributed by atoms with Crippen LogP contribution in [0.1, 0.15) is 47.8 Å². The second-order valence-electron chi connectivity index (χ2n) is 4.74. The molecule has 5 nitrogen and oxygen atoms in total. The molecule has 0 radical (unpaired) electrons. The van der Waals surface area contributed by atoms with Crippen molar-refractivity contribution in [1.29, 1.82) is 0 Å². The summed E-state index contributed by atoms with van der Waals surface area (Å²) in [6.07, 6.45) is 8.76. The third-order valence-electron chi connectivity index (χ3n) is 3.64. The summed E-state index contributed by atoms with van der Waals surface area (Å²) in [6.45, 7) is 1.83. The summed E-state index contributed by atoms with van der Waals surface area (Å²) in [5.74, 6) is -0.393. The number of primary amides is 1. The molecule has 0 aromatic carbocycles. The van der Waals surface area contributed by atoms with E-state index in [-0.39, 0.29) is 0 Å². The van der Waals surface area contributed by atoms with Crippen LogP contribution in [0.5, 0.6) is 0 Å². The maximum atomic E-state index is 11.5. The normalized spacial score (nSPS) is 17.0. The van der Waals surface area contributed by atoms with Crippen LogP contribution >= 0.6 is 0 Å². The van der Waals surface area contributed by atoms with Crippen LogP contribution < -0.4 is 5.73 Å². The van der Waals surface area contributed by atoms with E-state index in [1.165, 1.54) is 25.7 Å². The lowest BCUT2D eigenvalue weighted by molar-refractivity contribution is 0.100. The zero-order chi connectivity index (χ0) is 12.0. The zero-order valence-corrected chi connectivity index (χ0v) is 9.89. The number of nitrogens with two attached hydrogens (primary N) is 1. The number of imidazole rings is 1. The molecule has 1 saturated carbocycles. The Labute approximate surface area is 99.2 Å². The first-order valence-corrected chi connectivity index (χ1v) is 6.04.